The largest absolute Gasteiger partial charge is 0.396 e. The van der Waals surface area contributed by atoms with E-state index in [1.807, 2.05) is 7.11 Å². The van der Waals surface area contributed by atoms with Crippen molar-refractivity contribution < 1.29 is 29.5 Å². The maximum absolute atomic E-state index is 13.1. The highest BCUT2D eigenvalue weighted by Crippen LogP contribution is 2.82. The molecule has 0 unspecified atom stereocenters. The Kier molecular flexibility index (Phi) is 5.01. The van der Waals surface area contributed by atoms with Crippen molar-refractivity contribution in [2.75, 3.05) is 41.0 Å². The van der Waals surface area contributed by atoms with E-state index >= 15 is 0 Å². The van der Waals surface area contributed by atoms with Crippen molar-refractivity contribution in [2.45, 2.75) is 81.5 Å². The third-order valence-corrected chi connectivity index (χ3v) is 12.0. The van der Waals surface area contributed by atoms with Crippen molar-refractivity contribution in [1.82, 2.24) is 4.90 Å². The zero-order chi connectivity index (χ0) is 23.6. The van der Waals surface area contributed by atoms with E-state index in [1.165, 1.54) is 0 Å². The van der Waals surface area contributed by atoms with Gasteiger partial charge in [0, 0.05) is 57.0 Å². The molecule has 188 valence electrons. The Morgan fingerprint density at radius 3 is 2.39 bits per heavy atom. The number of nitrogens with zero attached hydrogens (tertiary/aromatic N) is 1. The second-order valence-electron chi connectivity index (χ2n) is 12.2. The van der Waals surface area contributed by atoms with Crippen LogP contribution in [0.1, 0.15) is 46.0 Å². The Balaban J connectivity index is 1.68. The number of methoxy groups -OCH3 is 3. The van der Waals surface area contributed by atoms with Gasteiger partial charge in [-0.05, 0) is 43.6 Å². The molecule has 6 rings (SSSR count). The molecule has 6 aliphatic rings. The summed E-state index contributed by atoms with van der Waals surface area (Å²) < 4.78 is 18.4. The number of hydrogen-bond donors (Lipinski definition) is 3. The quantitative estimate of drug-likeness (QED) is 0.544. The monoisotopic (exact) mass is 465 g/mol. The Bertz CT molecular complexity index is 812. The Hall–Kier alpha value is -0.280. The lowest BCUT2D eigenvalue weighted by molar-refractivity contribution is -0.318. The molecule has 7 heteroatoms. The summed E-state index contributed by atoms with van der Waals surface area (Å²) in [5, 5.41) is 36.8. The average Bonchev–Trinajstić information content (AvgIpc) is 3.24. The number of ether oxygens (including phenoxy) is 3. The van der Waals surface area contributed by atoms with Crippen LogP contribution in [-0.2, 0) is 14.2 Å². The number of fused-ring (bicyclic) bond motifs is 2. The van der Waals surface area contributed by atoms with Gasteiger partial charge in [-0.3, -0.25) is 4.90 Å². The molecule has 7 bridgehead atoms. The van der Waals surface area contributed by atoms with Gasteiger partial charge in [-0.25, -0.2) is 0 Å². The predicted molar refractivity (Wildman–Crippen MR) is 121 cm³/mol. The molecule has 0 aromatic carbocycles. The molecule has 13 atom stereocenters. The fourth-order valence-corrected chi connectivity index (χ4v) is 11.6. The lowest BCUT2D eigenvalue weighted by Crippen LogP contribution is -2.81. The molecule has 0 radical (unpaired) electrons. The second kappa shape index (κ2) is 7.15. The van der Waals surface area contributed by atoms with E-state index in [4.69, 9.17) is 14.2 Å². The fourth-order valence-electron chi connectivity index (χ4n) is 11.6. The van der Waals surface area contributed by atoms with Crippen molar-refractivity contribution in [3.05, 3.63) is 0 Å². The minimum absolute atomic E-state index is 0.00278. The van der Waals surface area contributed by atoms with Gasteiger partial charge in [0.15, 0.2) is 0 Å². The van der Waals surface area contributed by atoms with Crippen LogP contribution in [0.4, 0.5) is 0 Å². The number of aliphatic hydroxyl groups is 3. The third kappa shape index (κ3) is 2.17. The fraction of sp³-hybridized carbons (Fsp3) is 1.00. The highest BCUT2D eigenvalue weighted by Gasteiger charge is 2.90. The smallest absolute Gasteiger partial charge is 0.113 e. The minimum atomic E-state index is -1.30. The van der Waals surface area contributed by atoms with Crippen LogP contribution in [0.5, 0.6) is 0 Å². The van der Waals surface area contributed by atoms with Gasteiger partial charge in [-0.2, -0.15) is 0 Å². The summed E-state index contributed by atoms with van der Waals surface area (Å²) in [6.07, 6.45) is 3.65. The Labute approximate surface area is 197 Å². The molecule has 6 fully saturated rings. The molecule has 5 aliphatic carbocycles. The molecule has 1 spiro atoms. The Morgan fingerprint density at radius 1 is 1.06 bits per heavy atom. The second-order valence-corrected chi connectivity index (χ2v) is 12.2. The number of likely N-dealkylation sites (N-methyl/N-ethyl adjacent to an activating group) is 1. The molecule has 33 heavy (non-hydrogen) atoms. The highest BCUT2D eigenvalue weighted by molar-refractivity contribution is 5.40. The van der Waals surface area contributed by atoms with E-state index in [0.717, 1.165) is 38.8 Å². The van der Waals surface area contributed by atoms with Gasteiger partial charge < -0.3 is 29.5 Å². The number of piperidine rings is 1. The van der Waals surface area contributed by atoms with E-state index in [-0.39, 0.29) is 71.4 Å². The lowest BCUT2D eigenvalue weighted by Gasteiger charge is -2.70. The summed E-state index contributed by atoms with van der Waals surface area (Å²) in [5.74, 6) is 0.226. The van der Waals surface area contributed by atoms with Gasteiger partial charge in [0.25, 0.3) is 0 Å². The van der Waals surface area contributed by atoms with Gasteiger partial charge >= 0.3 is 0 Å². The van der Waals surface area contributed by atoms with Gasteiger partial charge in [0.1, 0.15) is 11.2 Å². The zero-order valence-corrected chi connectivity index (χ0v) is 20.9. The maximum Gasteiger partial charge on any atom is 0.113 e. The number of rotatable bonds is 6. The molecule has 1 heterocycles. The molecule has 1 saturated heterocycles. The number of aliphatic hydroxyl groups excluding tert-OH is 1. The summed E-state index contributed by atoms with van der Waals surface area (Å²) in [6, 6.07) is -0.187. The zero-order valence-electron chi connectivity index (χ0n) is 20.9. The van der Waals surface area contributed by atoms with Gasteiger partial charge in [0.05, 0.1) is 31.0 Å². The first-order valence-electron chi connectivity index (χ1n) is 13.2. The van der Waals surface area contributed by atoms with E-state index in [0.29, 0.717) is 6.42 Å². The van der Waals surface area contributed by atoms with Crippen LogP contribution >= 0.6 is 0 Å². The highest BCUT2D eigenvalue weighted by atomic mass is 16.5. The summed E-state index contributed by atoms with van der Waals surface area (Å²) >= 11 is 0. The van der Waals surface area contributed by atoms with Crippen molar-refractivity contribution in [3.8, 4) is 0 Å². The molecule has 0 aromatic heterocycles. The maximum atomic E-state index is 13.1. The minimum Gasteiger partial charge on any atom is -0.396 e. The van der Waals surface area contributed by atoms with E-state index in [1.54, 1.807) is 14.2 Å². The van der Waals surface area contributed by atoms with E-state index in [2.05, 4.69) is 18.7 Å². The molecular formula is C26H43NO6. The summed E-state index contributed by atoms with van der Waals surface area (Å²) in [6.45, 7) is 6.00. The molecule has 7 nitrogen and oxygen atoms in total. The number of likely N-dealkylation sites (tertiary alicyclic amines) is 1. The topological polar surface area (TPSA) is 91.6 Å². The van der Waals surface area contributed by atoms with Crippen LogP contribution in [0.25, 0.3) is 0 Å². The van der Waals surface area contributed by atoms with Crippen LogP contribution in [-0.4, -0.2) is 96.8 Å². The molecule has 0 amide bonds. The predicted octanol–water partition coefficient (Wildman–Crippen LogP) is 1.28. The van der Waals surface area contributed by atoms with E-state index in [9.17, 15) is 15.3 Å². The average molecular weight is 466 g/mol. The van der Waals surface area contributed by atoms with Crippen LogP contribution in [0.2, 0.25) is 0 Å². The lowest BCUT2D eigenvalue weighted by atomic mass is 9.42. The summed E-state index contributed by atoms with van der Waals surface area (Å²) in [4.78, 5) is 2.41. The standard InChI is InChI=1S/C26H43NO6/c1-6-15-21-23(13-28)9-8-18(32-4)25(21)16-10-14-17(31-3)11-24(29,19(16)20(14)33-5)26(15,30)22(25)27(7-2)12-23/h14-22,28-30H,6-13H2,1-5H3/t14-,15+,16-,17+,18+,19-,20+,21-,22+,23+,24-,25+,26-/m1/s1. The molecule has 3 N–H and O–H groups in total. The summed E-state index contributed by atoms with van der Waals surface area (Å²) in [7, 11) is 5.30. The van der Waals surface area contributed by atoms with Crippen LogP contribution in [0, 0.1) is 40.4 Å². The van der Waals surface area contributed by atoms with Crippen LogP contribution in [0.15, 0.2) is 0 Å². The van der Waals surface area contributed by atoms with Crippen LogP contribution < -0.4 is 0 Å². The SMILES string of the molecule is CC[C@H]1[C@@H]2[C@@]3(CO)CC[C@H](OC)[C@@]24[C@@H]2C[C@H]5[C@H](OC)[C@@H]2[C@](O)(C[C@@H]5OC)[C@]1(O)[C@H]4N(CC)C3. The van der Waals surface area contributed by atoms with Gasteiger partial charge in [0.2, 0.25) is 0 Å². The first-order valence-corrected chi connectivity index (χ1v) is 13.2. The summed E-state index contributed by atoms with van der Waals surface area (Å²) in [5.41, 5.74) is -3.19. The van der Waals surface area contributed by atoms with Gasteiger partial charge in [-0.15, -0.1) is 0 Å². The molecule has 0 aromatic rings. The third-order valence-electron chi connectivity index (χ3n) is 12.0. The van der Waals surface area contributed by atoms with Crippen molar-refractivity contribution >= 4 is 0 Å². The van der Waals surface area contributed by atoms with Crippen molar-refractivity contribution in [3.63, 3.8) is 0 Å². The molecular weight excluding hydrogens is 422 g/mol. The Morgan fingerprint density at radius 2 is 1.82 bits per heavy atom. The molecule has 1 aliphatic heterocycles. The van der Waals surface area contributed by atoms with E-state index < -0.39 is 11.2 Å². The van der Waals surface area contributed by atoms with Gasteiger partial charge in [-0.1, -0.05) is 20.3 Å². The normalized spacial score (nSPS) is 60.9. The molecule has 5 saturated carbocycles. The first kappa shape index (κ1) is 23.1. The van der Waals surface area contributed by atoms with Crippen LogP contribution in [0.3, 0.4) is 0 Å². The number of hydrogen-bond acceptors (Lipinski definition) is 7. The van der Waals surface area contributed by atoms with Crippen molar-refractivity contribution in [2.24, 2.45) is 40.4 Å². The van der Waals surface area contributed by atoms with Crippen molar-refractivity contribution in [1.29, 1.82) is 0 Å². The first-order chi connectivity index (χ1) is 15.8.